The van der Waals surface area contributed by atoms with E-state index >= 15 is 0 Å². The van der Waals surface area contributed by atoms with Crippen molar-refractivity contribution in [3.05, 3.63) is 35.7 Å². The van der Waals surface area contributed by atoms with Gasteiger partial charge in [-0.25, -0.2) is 4.98 Å². The zero-order chi connectivity index (χ0) is 19.8. The van der Waals surface area contributed by atoms with Gasteiger partial charge < -0.3 is 10.1 Å². The topological polar surface area (TPSA) is 90.6 Å². The molecule has 1 N–H and O–H groups in total. The summed E-state index contributed by atoms with van der Waals surface area (Å²) in [7, 11) is 3.53. The number of hydrogen-bond acceptors (Lipinski definition) is 8. The summed E-state index contributed by atoms with van der Waals surface area (Å²) in [6.45, 7) is 0. The molecule has 5 rings (SSSR count). The van der Waals surface area contributed by atoms with E-state index in [1.54, 1.807) is 35.5 Å². The van der Waals surface area contributed by atoms with Gasteiger partial charge in [-0.3, -0.25) is 9.67 Å². The summed E-state index contributed by atoms with van der Waals surface area (Å²) in [4.78, 5) is 9.30. The molecular formula is C20H21N7OS. The van der Waals surface area contributed by atoms with E-state index in [0.717, 1.165) is 26.8 Å². The van der Waals surface area contributed by atoms with E-state index in [2.05, 4.69) is 25.6 Å². The molecule has 9 heteroatoms. The molecule has 4 heterocycles. The first kappa shape index (κ1) is 18.0. The van der Waals surface area contributed by atoms with Crippen LogP contribution in [-0.4, -0.2) is 37.1 Å². The van der Waals surface area contributed by atoms with Crippen molar-refractivity contribution in [2.45, 2.75) is 31.6 Å². The monoisotopic (exact) mass is 407 g/mol. The van der Waals surface area contributed by atoms with Crippen molar-refractivity contribution < 1.29 is 4.74 Å². The van der Waals surface area contributed by atoms with E-state index in [1.165, 1.54) is 25.7 Å². The summed E-state index contributed by atoms with van der Waals surface area (Å²) in [6.07, 6.45) is 10.5. The first-order chi connectivity index (χ1) is 14.2. The summed E-state index contributed by atoms with van der Waals surface area (Å²) in [5, 5.41) is 18.1. The molecular weight excluding hydrogens is 386 g/mol. The zero-order valence-electron chi connectivity index (χ0n) is 16.3. The van der Waals surface area contributed by atoms with Crippen molar-refractivity contribution in [1.29, 1.82) is 0 Å². The molecule has 29 heavy (non-hydrogen) atoms. The smallest absolute Gasteiger partial charge is 0.211 e. The first-order valence-electron chi connectivity index (χ1n) is 9.64. The van der Waals surface area contributed by atoms with Crippen molar-refractivity contribution in [3.8, 4) is 16.9 Å². The summed E-state index contributed by atoms with van der Waals surface area (Å²) < 4.78 is 7.46. The Balaban J connectivity index is 1.49. The Kier molecular flexibility index (Phi) is 4.59. The average Bonchev–Trinajstić information content (AvgIpc) is 3.48. The highest BCUT2D eigenvalue weighted by atomic mass is 32.1. The lowest BCUT2D eigenvalue weighted by atomic mass is 10.1. The number of anilines is 2. The van der Waals surface area contributed by atoms with Gasteiger partial charge in [0.1, 0.15) is 16.3 Å². The van der Waals surface area contributed by atoms with Crippen LogP contribution in [0.25, 0.3) is 22.2 Å². The highest BCUT2D eigenvalue weighted by Gasteiger charge is 2.21. The third kappa shape index (κ3) is 3.42. The molecule has 8 nitrogen and oxygen atoms in total. The third-order valence-corrected chi connectivity index (χ3v) is 6.27. The van der Waals surface area contributed by atoms with Crippen LogP contribution in [0.15, 0.2) is 30.7 Å². The highest BCUT2D eigenvalue weighted by molar-refractivity contribution is 7.15. The number of methoxy groups -OCH3 is 1. The van der Waals surface area contributed by atoms with Gasteiger partial charge in [0.05, 0.1) is 18.8 Å². The largest absolute Gasteiger partial charge is 0.494 e. The van der Waals surface area contributed by atoms with Crippen LogP contribution in [0, 0.1) is 0 Å². The minimum atomic E-state index is 0.555. The molecule has 0 radical (unpaired) electrons. The van der Waals surface area contributed by atoms with Crippen molar-refractivity contribution in [1.82, 2.24) is 29.9 Å². The molecule has 0 aliphatic heterocycles. The maximum absolute atomic E-state index is 5.71. The van der Waals surface area contributed by atoms with Crippen LogP contribution in [0.3, 0.4) is 0 Å². The number of fused-ring (bicyclic) bond motifs is 1. The van der Waals surface area contributed by atoms with Gasteiger partial charge in [-0.2, -0.15) is 5.10 Å². The lowest BCUT2D eigenvalue weighted by molar-refractivity contribution is 0.420. The molecule has 0 amide bonds. The Morgan fingerprint density at radius 3 is 2.79 bits per heavy atom. The van der Waals surface area contributed by atoms with E-state index in [9.17, 15) is 0 Å². The molecule has 1 fully saturated rings. The fourth-order valence-corrected chi connectivity index (χ4v) is 4.74. The number of nitrogens with zero attached hydrogens (tertiary/aromatic N) is 6. The number of ether oxygens (including phenoxy) is 1. The summed E-state index contributed by atoms with van der Waals surface area (Å²) >= 11 is 1.61. The Morgan fingerprint density at radius 2 is 2.03 bits per heavy atom. The second-order valence-corrected chi connectivity index (χ2v) is 8.23. The van der Waals surface area contributed by atoms with Crippen LogP contribution in [0.2, 0.25) is 0 Å². The predicted octanol–water partition coefficient (Wildman–Crippen LogP) is 4.29. The van der Waals surface area contributed by atoms with Crippen molar-refractivity contribution >= 4 is 33.3 Å². The normalized spacial score (nSPS) is 14.6. The molecule has 4 aromatic heterocycles. The lowest BCUT2D eigenvalue weighted by Crippen LogP contribution is -1.97. The molecule has 0 aromatic carbocycles. The van der Waals surface area contributed by atoms with Gasteiger partial charge in [0, 0.05) is 36.5 Å². The van der Waals surface area contributed by atoms with Gasteiger partial charge in [-0.15, -0.1) is 10.2 Å². The van der Waals surface area contributed by atoms with Gasteiger partial charge in [-0.05, 0) is 25.0 Å². The van der Waals surface area contributed by atoms with Crippen LogP contribution in [0.5, 0.6) is 5.75 Å². The highest BCUT2D eigenvalue weighted by Crippen LogP contribution is 2.38. The molecule has 4 aromatic rings. The quantitative estimate of drug-likeness (QED) is 0.528. The molecule has 0 bridgehead atoms. The number of pyridine rings is 2. The maximum atomic E-state index is 5.71. The van der Waals surface area contributed by atoms with E-state index < -0.39 is 0 Å². The van der Waals surface area contributed by atoms with Gasteiger partial charge in [0.15, 0.2) is 5.75 Å². The standard InChI is InChI=1S/C20H21N7OS/c1-27-11-13(9-22-27)14-10-21-15-7-8-16(23-17(15)18(14)28-2)24-20-26-25-19(29-20)12-5-3-4-6-12/h7-12H,3-6H2,1-2H3,(H,23,24,26). The summed E-state index contributed by atoms with van der Waals surface area (Å²) in [5.41, 5.74) is 3.25. The second kappa shape index (κ2) is 7.40. The third-order valence-electron chi connectivity index (χ3n) is 5.27. The van der Waals surface area contributed by atoms with Crippen LogP contribution >= 0.6 is 11.3 Å². The SMILES string of the molecule is COc1c(-c2cnn(C)c2)cnc2ccc(Nc3nnc(C4CCCC4)s3)nc12. The molecule has 0 unspecified atom stereocenters. The van der Waals surface area contributed by atoms with E-state index in [1.807, 2.05) is 25.4 Å². The van der Waals surface area contributed by atoms with E-state index in [-0.39, 0.29) is 0 Å². The fraction of sp³-hybridized carbons (Fsp3) is 0.350. The average molecular weight is 408 g/mol. The fourth-order valence-electron chi connectivity index (χ4n) is 3.82. The second-order valence-electron chi connectivity index (χ2n) is 7.22. The Hall–Kier alpha value is -3.07. The first-order valence-corrected chi connectivity index (χ1v) is 10.5. The molecule has 0 atom stereocenters. The Bertz CT molecular complexity index is 1160. The zero-order valence-corrected chi connectivity index (χ0v) is 17.1. The van der Waals surface area contributed by atoms with Crippen LogP contribution < -0.4 is 10.1 Å². The van der Waals surface area contributed by atoms with Gasteiger partial charge >= 0.3 is 0 Å². The van der Waals surface area contributed by atoms with Crippen LogP contribution in [0.1, 0.15) is 36.6 Å². The molecule has 1 aliphatic carbocycles. The van der Waals surface area contributed by atoms with Crippen LogP contribution in [0.4, 0.5) is 10.9 Å². The van der Waals surface area contributed by atoms with Crippen LogP contribution in [-0.2, 0) is 7.05 Å². The molecule has 1 aliphatic rings. The summed E-state index contributed by atoms with van der Waals surface area (Å²) in [6, 6.07) is 3.83. The van der Waals surface area contributed by atoms with Crippen molar-refractivity contribution in [3.63, 3.8) is 0 Å². The van der Waals surface area contributed by atoms with Gasteiger partial charge in [-0.1, -0.05) is 24.2 Å². The van der Waals surface area contributed by atoms with Gasteiger partial charge in [0.2, 0.25) is 5.13 Å². The van der Waals surface area contributed by atoms with Crippen molar-refractivity contribution in [2.24, 2.45) is 7.05 Å². The maximum Gasteiger partial charge on any atom is 0.211 e. The number of aromatic nitrogens is 6. The molecule has 148 valence electrons. The van der Waals surface area contributed by atoms with E-state index in [4.69, 9.17) is 9.72 Å². The number of hydrogen-bond donors (Lipinski definition) is 1. The number of nitrogens with one attached hydrogen (secondary N) is 1. The summed E-state index contributed by atoms with van der Waals surface area (Å²) in [5.74, 6) is 1.92. The minimum absolute atomic E-state index is 0.555. The number of aryl methyl sites for hydroxylation is 1. The van der Waals surface area contributed by atoms with Crippen molar-refractivity contribution in [2.75, 3.05) is 12.4 Å². The Morgan fingerprint density at radius 1 is 1.17 bits per heavy atom. The van der Waals surface area contributed by atoms with Gasteiger partial charge in [0.25, 0.3) is 0 Å². The minimum Gasteiger partial charge on any atom is -0.494 e. The molecule has 0 saturated heterocycles. The Labute approximate surface area is 172 Å². The predicted molar refractivity (Wildman–Crippen MR) is 113 cm³/mol. The molecule has 1 saturated carbocycles. The van der Waals surface area contributed by atoms with E-state index in [0.29, 0.717) is 23.0 Å². The lowest BCUT2D eigenvalue weighted by Gasteiger charge is -2.10. The molecule has 0 spiro atoms. The number of rotatable bonds is 5.